The Morgan fingerprint density at radius 3 is 2.71 bits per heavy atom. The smallest absolute Gasteiger partial charge is 0.387 e. The van der Waals surface area contributed by atoms with Gasteiger partial charge in [-0.15, -0.1) is 0 Å². The van der Waals surface area contributed by atoms with Gasteiger partial charge < -0.3 is 10.5 Å². The summed E-state index contributed by atoms with van der Waals surface area (Å²) in [5.74, 6) is 0.881. The van der Waals surface area contributed by atoms with Crippen molar-refractivity contribution >= 4 is 0 Å². The molecule has 1 atom stereocenters. The lowest BCUT2D eigenvalue weighted by molar-refractivity contribution is -0.0499. The van der Waals surface area contributed by atoms with Crippen LogP contribution in [-0.4, -0.2) is 6.61 Å². The van der Waals surface area contributed by atoms with Gasteiger partial charge in [-0.3, -0.25) is 0 Å². The average Bonchev–Trinajstić information content (AvgIpc) is 2.22. The monoisotopic (exact) mass is 241 g/mol. The standard InChI is InChI=1S/C13H17F2NO/c14-13(15)17-11-6-2-5-10(8-11)12(16)7-9-3-1-4-9/h2,5-6,8-9,12-13H,1,3-4,7,16H2. The molecule has 2 N–H and O–H groups in total. The minimum atomic E-state index is -2.78. The molecular formula is C13H17F2NO. The van der Waals surface area contributed by atoms with Crippen LogP contribution in [-0.2, 0) is 0 Å². The Bertz CT molecular complexity index is 366. The van der Waals surface area contributed by atoms with Gasteiger partial charge in [0.2, 0.25) is 0 Å². The molecule has 1 aliphatic carbocycles. The SMILES string of the molecule is NC(CC1CCC1)c1cccc(OC(F)F)c1. The van der Waals surface area contributed by atoms with Crippen molar-refractivity contribution in [1.29, 1.82) is 0 Å². The molecule has 17 heavy (non-hydrogen) atoms. The van der Waals surface area contributed by atoms with Gasteiger partial charge in [0.1, 0.15) is 5.75 Å². The van der Waals surface area contributed by atoms with Crippen molar-refractivity contribution in [1.82, 2.24) is 0 Å². The van der Waals surface area contributed by atoms with E-state index in [1.807, 2.05) is 6.07 Å². The Kier molecular flexibility index (Phi) is 3.94. The second kappa shape index (κ2) is 5.45. The fourth-order valence-electron chi connectivity index (χ4n) is 2.15. The zero-order valence-electron chi connectivity index (χ0n) is 9.61. The van der Waals surface area contributed by atoms with E-state index in [-0.39, 0.29) is 11.8 Å². The topological polar surface area (TPSA) is 35.2 Å². The fraction of sp³-hybridized carbons (Fsp3) is 0.538. The lowest BCUT2D eigenvalue weighted by Gasteiger charge is -2.28. The lowest BCUT2D eigenvalue weighted by Crippen LogP contribution is -2.20. The minimum absolute atomic E-state index is 0.0819. The van der Waals surface area contributed by atoms with E-state index in [0.29, 0.717) is 5.92 Å². The third-order valence-electron chi connectivity index (χ3n) is 3.32. The first-order valence-electron chi connectivity index (χ1n) is 5.95. The molecule has 1 fully saturated rings. The lowest BCUT2D eigenvalue weighted by atomic mass is 9.80. The predicted molar refractivity (Wildman–Crippen MR) is 62.0 cm³/mol. The van der Waals surface area contributed by atoms with Crippen molar-refractivity contribution in [2.75, 3.05) is 0 Å². The number of hydrogen-bond donors (Lipinski definition) is 1. The summed E-state index contributed by atoms with van der Waals surface area (Å²) in [6, 6.07) is 6.61. The van der Waals surface area contributed by atoms with Gasteiger partial charge in [-0.2, -0.15) is 8.78 Å². The van der Waals surface area contributed by atoms with E-state index >= 15 is 0 Å². The predicted octanol–water partition coefficient (Wildman–Crippen LogP) is 3.48. The van der Waals surface area contributed by atoms with Crippen LogP contribution in [0.3, 0.4) is 0 Å². The minimum Gasteiger partial charge on any atom is -0.435 e. The quantitative estimate of drug-likeness (QED) is 0.856. The summed E-state index contributed by atoms with van der Waals surface area (Å²) in [7, 11) is 0. The molecule has 1 saturated carbocycles. The molecule has 1 unspecified atom stereocenters. The summed E-state index contributed by atoms with van der Waals surface area (Å²) < 4.78 is 28.5. The van der Waals surface area contributed by atoms with Crippen LogP contribution in [0.1, 0.15) is 37.3 Å². The molecular weight excluding hydrogens is 224 g/mol. The van der Waals surface area contributed by atoms with Gasteiger partial charge in [-0.25, -0.2) is 0 Å². The third-order valence-corrected chi connectivity index (χ3v) is 3.32. The Balaban J connectivity index is 1.98. The summed E-state index contributed by atoms with van der Waals surface area (Å²) in [6.45, 7) is -2.78. The second-order valence-corrected chi connectivity index (χ2v) is 4.59. The summed E-state index contributed by atoms with van der Waals surface area (Å²) in [4.78, 5) is 0. The molecule has 0 saturated heterocycles. The first kappa shape index (κ1) is 12.3. The summed E-state index contributed by atoms with van der Waals surface area (Å²) >= 11 is 0. The summed E-state index contributed by atoms with van der Waals surface area (Å²) in [5, 5.41) is 0. The Hall–Kier alpha value is -1.16. The maximum Gasteiger partial charge on any atom is 0.387 e. The number of rotatable bonds is 5. The van der Waals surface area contributed by atoms with Crippen molar-refractivity contribution in [3.05, 3.63) is 29.8 Å². The van der Waals surface area contributed by atoms with Gasteiger partial charge >= 0.3 is 6.61 Å². The molecule has 2 nitrogen and oxygen atoms in total. The molecule has 1 aromatic rings. The highest BCUT2D eigenvalue weighted by Gasteiger charge is 2.21. The zero-order valence-corrected chi connectivity index (χ0v) is 9.61. The van der Waals surface area contributed by atoms with Crippen LogP contribution in [0.4, 0.5) is 8.78 Å². The molecule has 0 radical (unpaired) electrons. The molecule has 94 valence electrons. The van der Waals surface area contributed by atoms with Crippen LogP contribution < -0.4 is 10.5 Å². The van der Waals surface area contributed by atoms with Crippen molar-refractivity contribution in [2.45, 2.75) is 38.3 Å². The van der Waals surface area contributed by atoms with Crippen molar-refractivity contribution in [3.63, 3.8) is 0 Å². The number of alkyl halides is 2. The summed E-state index contributed by atoms with van der Waals surface area (Å²) in [5.41, 5.74) is 6.93. The molecule has 0 amide bonds. The van der Waals surface area contributed by atoms with Crippen LogP contribution in [0.15, 0.2) is 24.3 Å². The van der Waals surface area contributed by atoms with Crippen LogP contribution in [0.5, 0.6) is 5.75 Å². The summed E-state index contributed by atoms with van der Waals surface area (Å²) in [6.07, 6.45) is 4.69. The van der Waals surface area contributed by atoms with E-state index in [2.05, 4.69) is 4.74 Å². The maximum absolute atomic E-state index is 12.1. The maximum atomic E-state index is 12.1. The van der Waals surface area contributed by atoms with Crippen LogP contribution >= 0.6 is 0 Å². The number of benzene rings is 1. The van der Waals surface area contributed by atoms with E-state index in [0.717, 1.165) is 12.0 Å². The first-order valence-corrected chi connectivity index (χ1v) is 5.95. The van der Waals surface area contributed by atoms with E-state index in [9.17, 15) is 8.78 Å². The molecule has 0 aliphatic heterocycles. The molecule has 1 aliphatic rings. The normalized spacial score (nSPS) is 17.9. The zero-order chi connectivity index (χ0) is 12.3. The van der Waals surface area contributed by atoms with Crippen LogP contribution in [0.25, 0.3) is 0 Å². The van der Waals surface area contributed by atoms with E-state index in [1.165, 1.54) is 25.3 Å². The molecule has 2 rings (SSSR count). The van der Waals surface area contributed by atoms with Gasteiger partial charge in [0, 0.05) is 6.04 Å². The third kappa shape index (κ3) is 3.40. The van der Waals surface area contributed by atoms with Gasteiger partial charge in [0.05, 0.1) is 0 Å². The Labute approximate surface area is 99.8 Å². The van der Waals surface area contributed by atoms with Crippen molar-refractivity contribution < 1.29 is 13.5 Å². The Morgan fingerprint density at radius 1 is 1.35 bits per heavy atom. The van der Waals surface area contributed by atoms with Crippen molar-refractivity contribution in [3.8, 4) is 5.75 Å². The second-order valence-electron chi connectivity index (χ2n) is 4.59. The van der Waals surface area contributed by atoms with E-state index < -0.39 is 6.61 Å². The number of halogens is 2. The Morgan fingerprint density at radius 2 is 2.12 bits per heavy atom. The molecule has 0 spiro atoms. The molecule has 0 heterocycles. The highest BCUT2D eigenvalue weighted by atomic mass is 19.3. The fourth-order valence-corrected chi connectivity index (χ4v) is 2.15. The number of nitrogens with two attached hydrogens (primary N) is 1. The van der Waals surface area contributed by atoms with Gasteiger partial charge in [0.25, 0.3) is 0 Å². The van der Waals surface area contributed by atoms with Crippen molar-refractivity contribution in [2.24, 2.45) is 11.7 Å². The van der Waals surface area contributed by atoms with E-state index in [1.54, 1.807) is 12.1 Å². The number of ether oxygens (including phenoxy) is 1. The van der Waals surface area contributed by atoms with E-state index in [4.69, 9.17) is 5.73 Å². The first-order chi connectivity index (χ1) is 8.15. The highest BCUT2D eigenvalue weighted by Crippen LogP contribution is 2.34. The number of hydrogen-bond acceptors (Lipinski definition) is 2. The molecule has 1 aromatic carbocycles. The van der Waals surface area contributed by atoms with Gasteiger partial charge in [-0.1, -0.05) is 31.4 Å². The highest BCUT2D eigenvalue weighted by molar-refractivity contribution is 5.30. The molecule has 0 bridgehead atoms. The average molecular weight is 241 g/mol. The van der Waals surface area contributed by atoms with Crippen LogP contribution in [0, 0.1) is 5.92 Å². The van der Waals surface area contributed by atoms with Gasteiger partial charge in [-0.05, 0) is 30.0 Å². The molecule has 4 heteroatoms. The largest absolute Gasteiger partial charge is 0.435 e. The van der Waals surface area contributed by atoms with Gasteiger partial charge in [0.15, 0.2) is 0 Å². The van der Waals surface area contributed by atoms with Crippen LogP contribution in [0.2, 0.25) is 0 Å². The molecule has 0 aromatic heterocycles.